The Hall–Kier alpha value is -3.33. The second kappa shape index (κ2) is 9.86. The van der Waals surface area contributed by atoms with Gasteiger partial charge in [0.1, 0.15) is 10.8 Å². The van der Waals surface area contributed by atoms with Crippen LogP contribution in [0.3, 0.4) is 0 Å². The molecular formula is C23H24FN5O2S. The average Bonchev–Trinajstić information content (AvgIpc) is 3.32. The molecule has 3 aromatic rings. The van der Waals surface area contributed by atoms with Crippen LogP contribution in [0.2, 0.25) is 0 Å². The zero-order valence-electron chi connectivity index (χ0n) is 17.7. The monoisotopic (exact) mass is 453 g/mol. The van der Waals surface area contributed by atoms with E-state index in [9.17, 15) is 14.0 Å². The van der Waals surface area contributed by atoms with Gasteiger partial charge in [-0.2, -0.15) is 0 Å². The van der Waals surface area contributed by atoms with E-state index in [1.165, 1.54) is 41.2 Å². The van der Waals surface area contributed by atoms with Crippen LogP contribution in [0.5, 0.6) is 0 Å². The Morgan fingerprint density at radius 1 is 1.06 bits per heavy atom. The summed E-state index contributed by atoms with van der Waals surface area (Å²) in [5.41, 5.74) is 2.47. The van der Waals surface area contributed by atoms with Gasteiger partial charge in [-0.1, -0.05) is 30.4 Å². The molecule has 7 nitrogen and oxygen atoms in total. The molecule has 1 fully saturated rings. The minimum Gasteiger partial charge on any atom is -0.324 e. The van der Waals surface area contributed by atoms with Gasteiger partial charge in [0.05, 0.1) is 0 Å². The minimum atomic E-state index is -0.388. The predicted molar refractivity (Wildman–Crippen MR) is 123 cm³/mol. The molecule has 2 aromatic carbocycles. The molecule has 1 saturated heterocycles. The van der Waals surface area contributed by atoms with Crippen molar-refractivity contribution in [2.45, 2.75) is 32.1 Å². The van der Waals surface area contributed by atoms with E-state index in [-0.39, 0.29) is 28.7 Å². The number of aromatic nitrogens is 2. The van der Waals surface area contributed by atoms with Crippen molar-refractivity contribution in [3.63, 3.8) is 0 Å². The van der Waals surface area contributed by atoms with Crippen molar-refractivity contribution in [2.24, 2.45) is 0 Å². The number of piperidine rings is 1. The molecule has 4 rings (SSSR count). The van der Waals surface area contributed by atoms with Crippen molar-refractivity contribution in [1.82, 2.24) is 15.1 Å². The molecule has 0 aliphatic carbocycles. The molecule has 2 N–H and O–H groups in total. The van der Waals surface area contributed by atoms with Crippen molar-refractivity contribution in [3.05, 3.63) is 69.9 Å². The van der Waals surface area contributed by atoms with Crippen molar-refractivity contribution in [2.75, 3.05) is 23.7 Å². The van der Waals surface area contributed by atoms with Crippen LogP contribution < -0.4 is 10.6 Å². The normalized spacial score (nSPS) is 15.9. The number of rotatable bonds is 5. The maximum absolute atomic E-state index is 13.0. The maximum atomic E-state index is 13.0. The molecule has 166 valence electrons. The molecular weight excluding hydrogens is 429 g/mol. The van der Waals surface area contributed by atoms with Crippen LogP contribution in [0.4, 0.5) is 20.6 Å². The van der Waals surface area contributed by atoms with E-state index in [0.717, 1.165) is 30.0 Å². The van der Waals surface area contributed by atoms with Crippen molar-refractivity contribution >= 4 is 34.6 Å². The summed E-state index contributed by atoms with van der Waals surface area (Å²) in [4.78, 5) is 27.0. The zero-order valence-corrected chi connectivity index (χ0v) is 18.5. The fourth-order valence-electron chi connectivity index (χ4n) is 3.60. The summed E-state index contributed by atoms with van der Waals surface area (Å²) in [6, 6.07) is 13.2. The SMILES string of the molecule is CCc1ccc(NC(=O)N2CCC[C@@H](c3nnc(C(=O)Nc4ccc(F)cc4)s3)C2)cc1. The Labute approximate surface area is 189 Å². The number of urea groups is 1. The maximum Gasteiger partial charge on any atom is 0.321 e. The number of nitrogens with zero attached hydrogens (tertiary/aromatic N) is 3. The van der Waals surface area contributed by atoms with Gasteiger partial charge in [-0.05, 0) is 61.2 Å². The molecule has 0 saturated carbocycles. The first-order chi connectivity index (χ1) is 15.5. The third-order valence-corrected chi connectivity index (χ3v) is 6.49. The summed E-state index contributed by atoms with van der Waals surface area (Å²) < 4.78 is 13.0. The number of carbonyl (C=O) groups is 2. The van der Waals surface area contributed by atoms with Crippen LogP contribution in [0.25, 0.3) is 0 Å². The number of hydrogen-bond acceptors (Lipinski definition) is 5. The number of aryl methyl sites for hydroxylation is 1. The predicted octanol–water partition coefficient (Wildman–Crippen LogP) is 4.90. The number of benzene rings is 2. The molecule has 32 heavy (non-hydrogen) atoms. The van der Waals surface area contributed by atoms with E-state index in [1.807, 2.05) is 24.3 Å². The Balaban J connectivity index is 1.36. The Bertz CT molecular complexity index is 1080. The van der Waals surface area contributed by atoms with Crippen LogP contribution in [0, 0.1) is 5.82 Å². The van der Waals surface area contributed by atoms with Gasteiger partial charge in [-0.15, -0.1) is 10.2 Å². The van der Waals surface area contributed by atoms with E-state index in [4.69, 9.17) is 0 Å². The standard InChI is InChI=1S/C23H24FN5O2S/c1-2-15-5-9-19(10-6-15)26-23(31)29-13-3-4-16(14-29)21-27-28-22(32-21)20(30)25-18-11-7-17(24)8-12-18/h5-12,16H,2-4,13-14H2,1H3,(H,25,30)(H,26,31)/t16-/m1/s1. The molecule has 0 bridgehead atoms. The topological polar surface area (TPSA) is 87.2 Å². The van der Waals surface area contributed by atoms with Gasteiger partial charge in [-0.3, -0.25) is 4.79 Å². The number of carbonyl (C=O) groups excluding carboxylic acids is 2. The molecule has 1 aliphatic rings. The highest BCUT2D eigenvalue weighted by atomic mass is 32.1. The number of hydrogen-bond donors (Lipinski definition) is 2. The third-order valence-electron chi connectivity index (χ3n) is 5.41. The fourth-order valence-corrected chi connectivity index (χ4v) is 4.46. The van der Waals surface area contributed by atoms with Crippen LogP contribution in [0.15, 0.2) is 48.5 Å². The van der Waals surface area contributed by atoms with Gasteiger partial charge in [0.15, 0.2) is 0 Å². The highest BCUT2D eigenvalue weighted by molar-refractivity contribution is 7.13. The van der Waals surface area contributed by atoms with Gasteiger partial charge in [0.25, 0.3) is 5.91 Å². The second-order valence-electron chi connectivity index (χ2n) is 7.67. The van der Waals surface area contributed by atoms with Crippen molar-refractivity contribution in [1.29, 1.82) is 0 Å². The lowest BCUT2D eigenvalue weighted by Gasteiger charge is -2.31. The van der Waals surface area contributed by atoms with E-state index >= 15 is 0 Å². The fraction of sp³-hybridized carbons (Fsp3) is 0.304. The van der Waals surface area contributed by atoms with Gasteiger partial charge in [-0.25, -0.2) is 9.18 Å². The number of anilines is 2. The Morgan fingerprint density at radius 2 is 1.75 bits per heavy atom. The largest absolute Gasteiger partial charge is 0.324 e. The van der Waals surface area contributed by atoms with Crippen LogP contribution in [-0.4, -0.2) is 40.1 Å². The smallest absolute Gasteiger partial charge is 0.321 e. The van der Waals surface area contributed by atoms with Gasteiger partial charge >= 0.3 is 6.03 Å². The van der Waals surface area contributed by atoms with Gasteiger partial charge in [0.2, 0.25) is 5.01 Å². The summed E-state index contributed by atoms with van der Waals surface area (Å²) >= 11 is 1.23. The summed E-state index contributed by atoms with van der Waals surface area (Å²) in [6.45, 7) is 3.28. The zero-order chi connectivity index (χ0) is 22.5. The number of nitrogens with one attached hydrogen (secondary N) is 2. The lowest BCUT2D eigenvalue weighted by atomic mass is 9.99. The molecule has 1 atom stereocenters. The highest BCUT2D eigenvalue weighted by Gasteiger charge is 2.28. The summed E-state index contributed by atoms with van der Waals surface area (Å²) in [7, 11) is 0. The minimum absolute atomic E-state index is 0.0295. The van der Waals surface area contributed by atoms with Gasteiger partial charge in [0, 0.05) is 30.4 Å². The molecule has 0 spiro atoms. The van der Waals surface area contributed by atoms with Crippen molar-refractivity contribution < 1.29 is 14.0 Å². The van der Waals surface area contributed by atoms with Crippen molar-refractivity contribution in [3.8, 4) is 0 Å². The Kier molecular flexibility index (Phi) is 6.75. The van der Waals surface area contributed by atoms with Crippen LogP contribution in [-0.2, 0) is 6.42 Å². The number of halogens is 1. The van der Waals surface area contributed by atoms with Crippen LogP contribution >= 0.6 is 11.3 Å². The molecule has 9 heteroatoms. The summed E-state index contributed by atoms with van der Waals surface area (Å²) in [6.07, 6.45) is 2.68. The summed E-state index contributed by atoms with van der Waals surface area (Å²) in [5, 5.41) is 14.8. The molecule has 2 heterocycles. The first-order valence-electron chi connectivity index (χ1n) is 10.6. The van der Waals surface area contributed by atoms with E-state index in [2.05, 4.69) is 27.8 Å². The van der Waals surface area contributed by atoms with E-state index in [0.29, 0.717) is 18.8 Å². The van der Waals surface area contributed by atoms with E-state index < -0.39 is 0 Å². The molecule has 3 amide bonds. The van der Waals surface area contributed by atoms with Crippen LogP contribution in [0.1, 0.15) is 46.1 Å². The first kappa shape index (κ1) is 21.9. The quantitative estimate of drug-likeness (QED) is 0.575. The molecule has 1 aromatic heterocycles. The van der Waals surface area contributed by atoms with Gasteiger partial charge < -0.3 is 15.5 Å². The lowest BCUT2D eigenvalue weighted by molar-refractivity contribution is 0.102. The third kappa shape index (κ3) is 5.28. The summed E-state index contributed by atoms with van der Waals surface area (Å²) in [5.74, 6) is -0.729. The Morgan fingerprint density at radius 3 is 2.47 bits per heavy atom. The molecule has 0 radical (unpaired) electrons. The lowest BCUT2D eigenvalue weighted by Crippen LogP contribution is -2.41. The average molecular weight is 454 g/mol. The molecule has 1 aliphatic heterocycles. The first-order valence-corrected chi connectivity index (χ1v) is 11.4. The van der Waals surface area contributed by atoms with E-state index in [1.54, 1.807) is 4.90 Å². The second-order valence-corrected chi connectivity index (χ2v) is 8.68. The highest BCUT2D eigenvalue weighted by Crippen LogP contribution is 2.29. The number of amides is 3. The number of likely N-dealkylation sites (tertiary alicyclic amines) is 1. The molecule has 0 unspecified atom stereocenters.